The van der Waals surface area contributed by atoms with Gasteiger partial charge in [-0.2, -0.15) is 9.97 Å². The van der Waals surface area contributed by atoms with Gasteiger partial charge in [0.1, 0.15) is 11.3 Å². The molecule has 0 aromatic carbocycles. The molecule has 92 valence electrons. The fourth-order valence-corrected chi connectivity index (χ4v) is 1.76. The summed E-state index contributed by atoms with van der Waals surface area (Å²) in [7, 11) is 0. The van der Waals surface area contributed by atoms with Crippen molar-refractivity contribution >= 4 is 28.6 Å². The van der Waals surface area contributed by atoms with Crippen LogP contribution in [0.5, 0.6) is 0 Å². The summed E-state index contributed by atoms with van der Waals surface area (Å²) < 4.78 is 5.23. The van der Waals surface area contributed by atoms with E-state index in [0.717, 1.165) is 11.5 Å². The van der Waals surface area contributed by atoms with Crippen molar-refractivity contribution in [2.75, 3.05) is 5.32 Å². The molecule has 0 unspecified atom stereocenters. The largest absolute Gasteiger partial charge is 0.446 e. The zero-order valence-corrected chi connectivity index (χ0v) is 10.2. The Labute approximate surface area is 107 Å². The molecule has 3 heterocycles. The second-order valence-electron chi connectivity index (χ2n) is 3.66. The third kappa shape index (κ3) is 1.88. The van der Waals surface area contributed by atoms with Crippen LogP contribution >= 0.6 is 11.6 Å². The lowest BCUT2D eigenvalue weighted by molar-refractivity contribution is 0.510. The average Bonchev–Trinajstić information content (AvgIpc) is 2.94. The van der Waals surface area contributed by atoms with Gasteiger partial charge in [-0.15, -0.1) is 0 Å². The number of hydrogen-bond donors (Lipinski definition) is 2. The number of anilines is 1. The smallest absolute Gasteiger partial charge is 0.226 e. The van der Waals surface area contributed by atoms with E-state index in [1.807, 2.05) is 6.92 Å². The number of hydrogen-bond acceptors (Lipinski definition) is 6. The molecule has 0 aliphatic rings. The van der Waals surface area contributed by atoms with Crippen LogP contribution in [0.3, 0.4) is 0 Å². The zero-order chi connectivity index (χ0) is 12.5. The zero-order valence-electron chi connectivity index (χ0n) is 9.44. The Bertz CT molecular complexity index is 691. The van der Waals surface area contributed by atoms with E-state index in [4.69, 9.17) is 16.0 Å². The van der Waals surface area contributed by atoms with Crippen molar-refractivity contribution in [3.8, 4) is 0 Å². The molecule has 0 saturated heterocycles. The van der Waals surface area contributed by atoms with Gasteiger partial charge in [-0.05, 0) is 18.5 Å². The quantitative estimate of drug-likeness (QED) is 0.702. The molecule has 0 fully saturated rings. The molecule has 0 aliphatic carbocycles. The number of aromatic amines is 1. The lowest BCUT2D eigenvalue weighted by atomic mass is 10.3. The molecule has 3 rings (SSSR count). The fourth-order valence-electron chi connectivity index (χ4n) is 1.59. The van der Waals surface area contributed by atoms with Gasteiger partial charge in [0.15, 0.2) is 17.9 Å². The van der Waals surface area contributed by atoms with Gasteiger partial charge in [-0.1, -0.05) is 0 Å². The number of fused-ring (bicyclic) bond motifs is 1. The molecule has 7 nitrogen and oxygen atoms in total. The van der Waals surface area contributed by atoms with Crippen molar-refractivity contribution in [1.29, 1.82) is 0 Å². The Kier molecular flexibility index (Phi) is 2.60. The Morgan fingerprint density at radius 3 is 3.06 bits per heavy atom. The molecule has 0 spiro atoms. The van der Waals surface area contributed by atoms with Gasteiger partial charge in [0.05, 0.1) is 18.6 Å². The summed E-state index contributed by atoms with van der Waals surface area (Å²) in [6, 6.07) is 0. The van der Waals surface area contributed by atoms with Crippen LogP contribution in [0.2, 0.25) is 5.28 Å². The molecular formula is C10H9ClN6O. The first-order valence-corrected chi connectivity index (χ1v) is 5.61. The molecule has 0 atom stereocenters. The summed E-state index contributed by atoms with van der Waals surface area (Å²) in [6.07, 6.45) is 2.95. The molecule has 3 aromatic heterocycles. The minimum absolute atomic E-state index is 0.145. The SMILES string of the molecule is Cc1ncoc1CNc1nc(Cl)nc2nc[nH]c12. The fraction of sp³-hybridized carbons (Fsp3) is 0.200. The Morgan fingerprint density at radius 2 is 2.28 bits per heavy atom. The molecule has 0 aliphatic heterocycles. The Balaban J connectivity index is 1.90. The number of H-pyrrole nitrogens is 1. The van der Waals surface area contributed by atoms with Crippen LogP contribution in [-0.2, 0) is 6.54 Å². The number of rotatable bonds is 3. The van der Waals surface area contributed by atoms with Crippen molar-refractivity contribution in [2.24, 2.45) is 0 Å². The normalized spacial score (nSPS) is 11.0. The topological polar surface area (TPSA) is 92.5 Å². The Morgan fingerprint density at radius 1 is 1.39 bits per heavy atom. The van der Waals surface area contributed by atoms with Crippen molar-refractivity contribution in [2.45, 2.75) is 13.5 Å². The second-order valence-corrected chi connectivity index (χ2v) is 3.99. The van der Waals surface area contributed by atoms with Gasteiger partial charge in [-0.3, -0.25) is 0 Å². The summed E-state index contributed by atoms with van der Waals surface area (Å²) in [6.45, 7) is 2.34. The van der Waals surface area contributed by atoms with E-state index in [-0.39, 0.29) is 5.28 Å². The van der Waals surface area contributed by atoms with Crippen molar-refractivity contribution in [1.82, 2.24) is 24.9 Å². The third-order valence-corrected chi connectivity index (χ3v) is 2.69. The van der Waals surface area contributed by atoms with E-state index in [2.05, 4.69) is 30.2 Å². The van der Waals surface area contributed by atoms with Crippen molar-refractivity contribution in [3.63, 3.8) is 0 Å². The molecular weight excluding hydrogens is 256 g/mol. The number of aromatic nitrogens is 5. The molecule has 0 amide bonds. The van der Waals surface area contributed by atoms with Gasteiger partial charge in [-0.25, -0.2) is 9.97 Å². The highest BCUT2D eigenvalue weighted by Gasteiger charge is 2.10. The lowest BCUT2D eigenvalue weighted by Crippen LogP contribution is -2.03. The maximum Gasteiger partial charge on any atom is 0.226 e. The minimum Gasteiger partial charge on any atom is -0.446 e. The summed E-state index contributed by atoms with van der Waals surface area (Å²) in [4.78, 5) is 19.1. The monoisotopic (exact) mass is 264 g/mol. The highest BCUT2D eigenvalue weighted by molar-refractivity contribution is 6.28. The number of halogens is 1. The number of aryl methyl sites for hydroxylation is 1. The number of imidazole rings is 1. The highest BCUT2D eigenvalue weighted by Crippen LogP contribution is 2.19. The number of oxazole rings is 1. The van der Waals surface area contributed by atoms with E-state index in [0.29, 0.717) is 23.5 Å². The van der Waals surface area contributed by atoms with Crippen LogP contribution in [0.1, 0.15) is 11.5 Å². The van der Waals surface area contributed by atoms with Gasteiger partial charge < -0.3 is 14.7 Å². The first kappa shape index (κ1) is 11.0. The molecule has 0 bridgehead atoms. The van der Waals surface area contributed by atoms with E-state index in [9.17, 15) is 0 Å². The number of nitrogens with one attached hydrogen (secondary N) is 2. The van der Waals surface area contributed by atoms with Gasteiger partial charge in [0.25, 0.3) is 0 Å². The third-order valence-electron chi connectivity index (χ3n) is 2.52. The van der Waals surface area contributed by atoms with Gasteiger partial charge in [0, 0.05) is 0 Å². The Hall–Kier alpha value is -2.15. The number of nitrogens with zero attached hydrogens (tertiary/aromatic N) is 4. The first-order chi connectivity index (χ1) is 8.74. The second kappa shape index (κ2) is 4.26. The summed E-state index contributed by atoms with van der Waals surface area (Å²) in [5, 5.41) is 3.26. The van der Waals surface area contributed by atoms with Crippen LogP contribution in [0.4, 0.5) is 5.82 Å². The molecule has 0 saturated carbocycles. The minimum atomic E-state index is 0.145. The van der Waals surface area contributed by atoms with E-state index >= 15 is 0 Å². The van der Waals surface area contributed by atoms with E-state index < -0.39 is 0 Å². The maximum absolute atomic E-state index is 5.82. The van der Waals surface area contributed by atoms with E-state index in [1.54, 1.807) is 6.33 Å². The predicted octanol–water partition coefficient (Wildman–Crippen LogP) is 1.91. The molecule has 18 heavy (non-hydrogen) atoms. The average molecular weight is 265 g/mol. The van der Waals surface area contributed by atoms with Crippen molar-refractivity contribution < 1.29 is 4.42 Å². The van der Waals surface area contributed by atoms with Crippen molar-refractivity contribution in [3.05, 3.63) is 29.5 Å². The predicted molar refractivity (Wildman–Crippen MR) is 65.3 cm³/mol. The van der Waals surface area contributed by atoms with Crippen LogP contribution in [-0.4, -0.2) is 24.9 Å². The highest BCUT2D eigenvalue weighted by atomic mass is 35.5. The van der Waals surface area contributed by atoms with Crippen LogP contribution in [0, 0.1) is 6.92 Å². The van der Waals surface area contributed by atoms with E-state index in [1.165, 1.54) is 6.39 Å². The standard InChI is InChI=1S/C10H9ClN6O/c1-5-6(18-4-15-5)2-12-8-7-9(14-3-13-7)17-10(11)16-8/h3-4H,2H2,1H3,(H2,12,13,14,16,17). The van der Waals surface area contributed by atoms with Crippen LogP contribution in [0.25, 0.3) is 11.2 Å². The molecule has 2 N–H and O–H groups in total. The molecule has 8 heteroatoms. The lowest BCUT2D eigenvalue weighted by Gasteiger charge is -2.04. The summed E-state index contributed by atoms with van der Waals surface area (Å²) in [5.41, 5.74) is 2.06. The van der Waals surface area contributed by atoms with Crippen LogP contribution in [0.15, 0.2) is 17.1 Å². The molecule has 0 radical (unpaired) electrons. The van der Waals surface area contributed by atoms with Crippen LogP contribution < -0.4 is 5.32 Å². The van der Waals surface area contributed by atoms with Gasteiger partial charge in [0.2, 0.25) is 5.28 Å². The molecule has 3 aromatic rings. The maximum atomic E-state index is 5.82. The first-order valence-electron chi connectivity index (χ1n) is 5.23. The van der Waals surface area contributed by atoms with Gasteiger partial charge >= 0.3 is 0 Å². The summed E-state index contributed by atoms with van der Waals surface area (Å²) in [5.74, 6) is 1.33. The summed E-state index contributed by atoms with van der Waals surface area (Å²) >= 11 is 5.82.